The number of hydrogen-bond donors (Lipinski definition) is 0. The molecule has 0 bridgehead atoms. The predicted molar refractivity (Wildman–Crippen MR) is 61.4 cm³/mol. The second kappa shape index (κ2) is 11.2. The molecule has 0 aliphatic carbocycles. The van der Waals surface area contributed by atoms with E-state index in [0.29, 0.717) is 0 Å². The number of rotatable bonds is 0. The molecule has 0 spiro atoms. The summed E-state index contributed by atoms with van der Waals surface area (Å²) in [7, 11) is 4.09. The van der Waals surface area contributed by atoms with Crippen molar-refractivity contribution in [3.63, 3.8) is 0 Å². The van der Waals surface area contributed by atoms with Crippen molar-refractivity contribution in [2.75, 3.05) is 0 Å². The van der Waals surface area contributed by atoms with Gasteiger partial charge < -0.3 is 4.57 Å². The van der Waals surface area contributed by atoms with E-state index in [4.69, 9.17) is 0 Å². The van der Waals surface area contributed by atoms with Gasteiger partial charge in [0.05, 0.1) is 0 Å². The number of fused-ring (bicyclic) bond motifs is 1. The van der Waals surface area contributed by atoms with Crippen molar-refractivity contribution in [3.05, 3.63) is 43.1 Å². The first-order chi connectivity index (χ1) is 6.50. The molecule has 1 nitrogen and oxygen atoms in total. The zero-order valence-corrected chi connectivity index (χ0v) is 18.3. The van der Waals surface area contributed by atoms with Crippen molar-refractivity contribution in [2.24, 2.45) is 0 Å². The molecule has 1 heterocycles. The normalized spacial score (nSPS) is 9.00. The Morgan fingerprint density at radius 3 is 1.79 bits per heavy atom. The van der Waals surface area contributed by atoms with E-state index in [1.807, 2.05) is 4.57 Å². The fourth-order valence-corrected chi connectivity index (χ4v) is 1.83. The molecule has 5 radical (unpaired) electrons. The van der Waals surface area contributed by atoms with Crippen LogP contribution in [0.4, 0.5) is 0 Å². The monoisotopic (exact) mass is 441 g/mol. The van der Waals surface area contributed by atoms with E-state index >= 15 is 0 Å². The van der Waals surface area contributed by atoms with Crippen LogP contribution in [0.2, 0.25) is 0 Å². The Hall–Kier alpha value is 1.55. The Balaban J connectivity index is -0.000000225. The average Bonchev–Trinajstić information content (AvgIpc) is 2.44. The van der Waals surface area contributed by atoms with Crippen LogP contribution in [0.5, 0.6) is 0 Å². The van der Waals surface area contributed by atoms with Gasteiger partial charge >= 0.3 is 0 Å². The van der Waals surface area contributed by atoms with Crippen molar-refractivity contribution in [1.29, 1.82) is 0 Å². The number of nitrogens with zero attached hydrogens (tertiary/aromatic N) is 1. The number of hydrogen-bond acceptors (Lipinski definition) is 0. The average molecular weight is 441 g/mol. The molecule has 99 valence electrons. The van der Waals surface area contributed by atoms with Crippen molar-refractivity contribution in [2.45, 2.75) is 26.2 Å². The maximum absolute atomic E-state index is 4.09. The van der Waals surface area contributed by atoms with Gasteiger partial charge in [0.25, 0.3) is 0 Å². The Morgan fingerprint density at radius 2 is 1.37 bits per heavy atom. The second-order valence-corrected chi connectivity index (χ2v) is 4.77. The third kappa shape index (κ3) is 6.45. The molecule has 0 saturated heterocycles. The first-order valence-corrected chi connectivity index (χ1v) is 4.92. The summed E-state index contributed by atoms with van der Waals surface area (Å²) < 4.78 is 2.04. The Morgan fingerprint density at radius 1 is 0.895 bits per heavy atom. The molecule has 2 aromatic rings. The van der Waals surface area contributed by atoms with E-state index in [9.17, 15) is 0 Å². The minimum Gasteiger partial charge on any atom is -0.484 e. The molecule has 0 aliphatic heterocycles. The topological polar surface area (TPSA) is 4.93 Å². The fourth-order valence-electron chi connectivity index (χ4n) is 1.83. The van der Waals surface area contributed by atoms with Crippen LogP contribution < -0.4 is 0 Å². The molecule has 0 aliphatic rings. The third-order valence-electron chi connectivity index (χ3n) is 2.58. The Bertz CT molecular complexity index is 473. The summed E-state index contributed by atoms with van der Waals surface area (Å²) >= 11 is 0. The van der Waals surface area contributed by atoms with E-state index in [-0.39, 0.29) is 98.2 Å². The summed E-state index contributed by atoms with van der Waals surface area (Å²) in [5.74, 6) is 0. The van der Waals surface area contributed by atoms with Gasteiger partial charge in [-0.3, -0.25) is 0 Å². The van der Waals surface area contributed by atoms with Crippen LogP contribution in [-0.4, -0.2) is 4.57 Å². The van der Waals surface area contributed by atoms with Crippen LogP contribution in [-0.2, 0) is 98.2 Å². The fraction of sp³-hybridized carbons (Fsp3) is 0.308. The summed E-state index contributed by atoms with van der Waals surface area (Å²) in [5.41, 5.74) is 2.64. The number of para-hydroxylation sites is 1. The minimum atomic E-state index is 0. The van der Waals surface area contributed by atoms with Crippen molar-refractivity contribution < 1.29 is 92.8 Å². The van der Waals surface area contributed by atoms with Crippen molar-refractivity contribution in [1.82, 2.24) is 4.57 Å². The van der Waals surface area contributed by atoms with Crippen molar-refractivity contribution in [3.8, 4) is 0 Å². The molecule has 1 aromatic heterocycles. The smallest absolute Gasteiger partial charge is 0 e. The molecule has 0 amide bonds. The molecule has 1 aromatic carbocycles. The second-order valence-electron chi connectivity index (χ2n) is 4.77. The van der Waals surface area contributed by atoms with Gasteiger partial charge in [-0.05, 0) is 5.41 Å². The van der Waals surface area contributed by atoms with Gasteiger partial charge in [-0.2, -0.15) is 0 Å². The molecule has 0 N–H and O–H groups in total. The van der Waals surface area contributed by atoms with Crippen LogP contribution in [0.25, 0.3) is 10.9 Å². The number of aromatic nitrogens is 1. The van der Waals surface area contributed by atoms with E-state index in [2.05, 4.69) is 58.2 Å². The summed E-state index contributed by atoms with van der Waals surface area (Å²) in [6, 6.07) is 10.6. The molecule has 0 fully saturated rings. The summed E-state index contributed by atoms with van der Waals surface area (Å²) in [6.45, 7) is 6.63. The van der Waals surface area contributed by atoms with Crippen LogP contribution >= 0.6 is 0 Å². The molecule has 0 unspecified atom stereocenters. The van der Waals surface area contributed by atoms with Gasteiger partial charge in [-0.25, -0.2) is 0 Å². The Labute approximate surface area is 175 Å². The number of benzene rings is 1. The molecule has 6 heteroatoms. The van der Waals surface area contributed by atoms with Gasteiger partial charge in [0.1, 0.15) is 0 Å². The van der Waals surface area contributed by atoms with Gasteiger partial charge in [-0.1, -0.05) is 61.6 Å². The molecule has 19 heavy (non-hydrogen) atoms. The van der Waals surface area contributed by atoms with E-state index < -0.39 is 0 Å². The molecule has 0 saturated carbocycles. The van der Waals surface area contributed by atoms with E-state index in [0.717, 1.165) is 0 Å². The molecular weight excluding hydrogens is 425 g/mol. The molecular formula is C13H16NV5-. The third-order valence-corrected chi connectivity index (χ3v) is 2.58. The first kappa shape index (κ1) is 28.7. The standard InChI is InChI=1S/C13H16N.5V/c1-13(2,3)12-9-10-7-5-6-8-11(10)14(12)4;;;;;/h5-9H,4H2,1-3H3;;;;;/q-1;;;;;. The zero-order chi connectivity index (χ0) is 10.3. The van der Waals surface area contributed by atoms with E-state index in [1.165, 1.54) is 16.6 Å². The summed E-state index contributed by atoms with van der Waals surface area (Å²) in [4.78, 5) is 0. The predicted octanol–water partition coefficient (Wildman–Crippen LogP) is 3.57. The zero-order valence-electron chi connectivity index (χ0n) is 11.3. The Kier molecular flexibility index (Phi) is 16.8. The largest absolute Gasteiger partial charge is 0.484 e. The van der Waals surface area contributed by atoms with Gasteiger partial charge in [0, 0.05) is 92.8 Å². The maximum Gasteiger partial charge on any atom is 0 e. The van der Waals surface area contributed by atoms with Gasteiger partial charge in [0.2, 0.25) is 0 Å². The van der Waals surface area contributed by atoms with Crippen LogP contribution in [0, 0.1) is 7.05 Å². The maximum atomic E-state index is 4.09. The van der Waals surface area contributed by atoms with Crippen LogP contribution in [0.15, 0.2) is 30.3 Å². The van der Waals surface area contributed by atoms with Crippen LogP contribution in [0.3, 0.4) is 0 Å². The minimum absolute atomic E-state index is 0. The SMILES string of the molecule is [CH2-]n1c(C(C)(C)C)cc2ccccc21.[V].[V].[V].[V].[V]. The quantitative estimate of drug-likeness (QED) is 0.552. The molecule has 2 rings (SSSR count). The summed E-state index contributed by atoms with van der Waals surface area (Å²) in [5, 5.41) is 1.27. The molecule has 0 atom stereocenters. The van der Waals surface area contributed by atoms with Gasteiger partial charge in [0.15, 0.2) is 0 Å². The summed E-state index contributed by atoms with van der Waals surface area (Å²) in [6.07, 6.45) is 0. The van der Waals surface area contributed by atoms with Gasteiger partial charge in [-0.15, -0.1) is 13.1 Å². The van der Waals surface area contributed by atoms with Crippen molar-refractivity contribution >= 4 is 10.9 Å². The van der Waals surface area contributed by atoms with Crippen LogP contribution in [0.1, 0.15) is 26.5 Å². The first-order valence-electron chi connectivity index (χ1n) is 4.92. The van der Waals surface area contributed by atoms with E-state index in [1.54, 1.807) is 0 Å².